The highest BCUT2D eigenvalue weighted by Crippen LogP contribution is 2.59. The van der Waals surface area contributed by atoms with E-state index in [1.165, 1.54) is 0 Å². The fourth-order valence-corrected chi connectivity index (χ4v) is 2.97. The summed E-state index contributed by atoms with van der Waals surface area (Å²) in [6.07, 6.45) is -0.520. The van der Waals surface area contributed by atoms with Crippen LogP contribution in [0.3, 0.4) is 0 Å². The van der Waals surface area contributed by atoms with E-state index in [1.54, 1.807) is 24.3 Å². The van der Waals surface area contributed by atoms with E-state index in [4.69, 9.17) is 27.9 Å². The van der Waals surface area contributed by atoms with Gasteiger partial charge in [0.1, 0.15) is 11.7 Å². The zero-order valence-corrected chi connectivity index (χ0v) is 12.1. The molecule has 0 saturated carbocycles. The molecule has 110 valence electrons. The molecule has 21 heavy (non-hydrogen) atoms. The van der Waals surface area contributed by atoms with Gasteiger partial charge in [0.25, 0.3) is 0 Å². The van der Waals surface area contributed by atoms with Crippen LogP contribution >= 0.6 is 23.2 Å². The summed E-state index contributed by atoms with van der Waals surface area (Å²) in [6.45, 7) is 0. The van der Waals surface area contributed by atoms with Gasteiger partial charge in [-0.25, -0.2) is 13.2 Å². The summed E-state index contributed by atoms with van der Waals surface area (Å²) in [4.78, 5) is 0. The molecule has 0 radical (unpaired) electrons. The van der Waals surface area contributed by atoms with E-state index in [-0.39, 0.29) is 11.4 Å². The van der Waals surface area contributed by atoms with Gasteiger partial charge in [0.05, 0.1) is 5.88 Å². The second-order valence-corrected chi connectivity index (χ2v) is 5.47. The number of ether oxygens (including phenoxy) is 1. The summed E-state index contributed by atoms with van der Waals surface area (Å²) in [5.41, 5.74) is -0.272. The largest absolute Gasteiger partial charge is 0.354 e. The lowest BCUT2D eigenvalue weighted by molar-refractivity contribution is 0.313. The fraction of sp³-hybridized carbons (Fsp3) is 0.200. The van der Waals surface area contributed by atoms with Gasteiger partial charge < -0.3 is 4.74 Å². The van der Waals surface area contributed by atoms with E-state index >= 15 is 0 Å². The number of rotatable bonds is 3. The Morgan fingerprint density at radius 3 is 2.29 bits per heavy atom. The number of epoxide rings is 1. The summed E-state index contributed by atoms with van der Waals surface area (Å²) >= 11 is 12.0. The smallest absolute Gasteiger partial charge is 0.194 e. The highest BCUT2D eigenvalue weighted by molar-refractivity contribution is 6.31. The molecule has 0 aliphatic carbocycles. The monoisotopic (exact) mass is 332 g/mol. The van der Waals surface area contributed by atoms with E-state index in [2.05, 4.69) is 0 Å². The van der Waals surface area contributed by atoms with Crippen molar-refractivity contribution in [3.05, 3.63) is 70.0 Å². The molecule has 1 fully saturated rings. The topological polar surface area (TPSA) is 12.5 Å². The van der Waals surface area contributed by atoms with Crippen molar-refractivity contribution >= 4 is 23.2 Å². The van der Waals surface area contributed by atoms with Crippen LogP contribution in [-0.2, 0) is 10.3 Å². The van der Waals surface area contributed by atoms with Crippen LogP contribution < -0.4 is 0 Å². The van der Waals surface area contributed by atoms with E-state index in [1.807, 2.05) is 0 Å². The zero-order valence-electron chi connectivity index (χ0n) is 10.5. The minimum atomic E-state index is -1.52. The molecular weight excluding hydrogens is 324 g/mol. The van der Waals surface area contributed by atoms with Crippen LogP contribution in [0, 0.1) is 17.5 Å². The predicted molar refractivity (Wildman–Crippen MR) is 74.0 cm³/mol. The van der Waals surface area contributed by atoms with E-state index in [0.717, 1.165) is 12.1 Å². The van der Waals surface area contributed by atoms with Crippen LogP contribution in [0.4, 0.5) is 13.2 Å². The SMILES string of the molecule is Fc1cc(C2(CCl)OC2c2ccccc2Cl)cc(F)c1F. The first-order chi connectivity index (χ1) is 9.99. The van der Waals surface area contributed by atoms with Crippen molar-refractivity contribution in [1.29, 1.82) is 0 Å². The number of halogens is 5. The van der Waals surface area contributed by atoms with Crippen LogP contribution in [0.25, 0.3) is 0 Å². The van der Waals surface area contributed by atoms with Crippen LogP contribution in [0.1, 0.15) is 17.2 Å². The van der Waals surface area contributed by atoms with Gasteiger partial charge in [-0.05, 0) is 23.8 Å². The van der Waals surface area contributed by atoms with Gasteiger partial charge in [-0.2, -0.15) is 0 Å². The van der Waals surface area contributed by atoms with Crippen LogP contribution in [0.15, 0.2) is 36.4 Å². The lowest BCUT2D eigenvalue weighted by atomic mass is 9.93. The minimum Gasteiger partial charge on any atom is -0.354 e. The standard InChI is InChI=1S/C15H9Cl2F3O/c16-7-15(8-5-11(18)13(20)12(19)6-8)14(21-15)9-3-1-2-4-10(9)17/h1-6,14H,7H2. The van der Waals surface area contributed by atoms with Gasteiger partial charge in [0, 0.05) is 10.6 Å². The first kappa shape index (κ1) is 14.7. The third-order valence-electron chi connectivity index (χ3n) is 3.55. The average molecular weight is 333 g/mol. The van der Waals surface area contributed by atoms with Crippen molar-refractivity contribution in [3.63, 3.8) is 0 Å². The Labute approximate surface area is 129 Å². The maximum atomic E-state index is 13.4. The Morgan fingerprint density at radius 1 is 1.10 bits per heavy atom. The van der Waals surface area contributed by atoms with Crippen molar-refractivity contribution in [2.75, 3.05) is 5.88 Å². The first-order valence-electron chi connectivity index (χ1n) is 6.13. The number of benzene rings is 2. The summed E-state index contributed by atoms with van der Waals surface area (Å²) in [7, 11) is 0. The number of hydrogen-bond donors (Lipinski definition) is 0. The van der Waals surface area contributed by atoms with Gasteiger partial charge in [0.15, 0.2) is 17.5 Å². The Balaban J connectivity index is 2.03. The van der Waals surface area contributed by atoms with Gasteiger partial charge in [-0.1, -0.05) is 29.8 Å². The van der Waals surface area contributed by atoms with Crippen LogP contribution in [-0.4, -0.2) is 5.88 Å². The maximum Gasteiger partial charge on any atom is 0.194 e. The summed E-state index contributed by atoms with van der Waals surface area (Å²) in [5, 5.41) is 0.470. The molecule has 2 aromatic carbocycles. The lowest BCUT2D eigenvalue weighted by Gasteiger charge is -2.11. The van der Waals surface area contributed by atoms with Crippen molar-refractivity contribution < 1.29 is 17.9 Å². The number of alkyl halides is 1. The molecule has 1 aliphatic rings. The number of hydrogen-bond acceptors (Lipinski definition) is 1. The molecule has 0 aromatic heterocycles. The van der Waals surface area contributed by atoms with E-state index in [9.17, 15) is 13.2 Å². The molecular formula is C15H9Cl2F3O. The molecule has 0 N–H and O–H groups in total. The predicted octanol–water partition coefficient (Wildman–Crippen LogP) is 4.96. The van der Waals surface area contributed by atoms with Gasteiger partial charge in [-0.15, -0.1) is 11.6 Å². The van der Waals surface area contributed by atoms with Gasteiger partial charge >= 0.3 is 0 Å². The summed E-state index contributed by atoms with van der Waals surface area (Å²) < 4.78 is 45.5. The Bertz CT molecular complexity index is 684. The third-order valence-corrected chi connectivity index (χ3v) is 4.29. The molecule has 1 heterocycles. The molecule has 1 nitrogen and oxygen atoms in total. The Kier molecular flexibility index (Phi) is 3.64. The minimum absolute atomic E-state index is 0.0343. The zero-order chi connectivity index (χ0) is 15.2. The Morgan fingerprint density at radius 2 is 1.71 bits per heavy atom. The average Bonchev–Trinajstić information content (AvgIpc) is 3.20. The molecule has 2 unspecified atom stereocenters. The molecule has 0 bridgehead atoms. The van der Waals surface area contributed by atoms with Crippen LogP contribution in [0.5, 0.6) is 0 Å². The second-order valence-electron chi connectivity index (χ2n) is 4.80. The second kappa shape index (κ2) is 5.20. The lowest BCUT2D eigenvalue weighted by Crippen LogP contribution is -2.14. The molecule has 1 saturated heterocycles. The summed E-state index contributed by atoms with van der Waals surface area (Å²) in [5.74, 6) is -4.10. The molecule has 1 aliphatic heterocycles. The first-order valence-corrected chi connectivity index (χ1v) is 7.04. The summed E-state index contributed by atoms with van der Waals surface area (Å²) in [6, 6.07) is 8.76. The van der Waals surface area contributed by atoms with E-state index in [0.29, 0.717) is 10.6 Å². The Hall–Kier alpha value is -1.23. The maximum absolute atomic E-state index is 13.4. The van der Waals surface area contributed by atoms with Crippen molar-refractivity contribution in [2.45, 2.75) is 11.7 Å². The molecule has 0 amide bonds. The molecule has 2 aromatic rings. The molecule has 3 rings (SSSR count). The highest BCUT2D eigenvalue weighted by atomic mass is 35.5. The molecule has 0 spiro atoms. The highest BCUT2D eigenvalue weighted by Gasteiger charge is 2.59. The quantitative estimate of drug-likeness (QED) is 0.439. The van der Waals surface area contributed by atoms with E-state index < -0.39 is 29.2 Å². The third kappa shape index (κ3) is 2.31. The normalized spacial score (nSPS) is 24.1. The van der Waals surface area contributed by atoms with Crippen LogP contribution in [0.2, 0.25) is 5.02 Å². The van der Waals surface area contributed by atoms with Gasteiger partial charge in [0.2, 0.25) is 0 Å². The van der Waals surface area contributed by atoms with Gasteiger partial charge in [-0.3, -0.25) is 0 Å². The fourth-order valence-electron chi connectivity index (χ4n) is 2.38. The molecule has 6 heteroatoms. The molecule has 2 atom stereocenters. The van der Waals surface area contributed by atoms with Crippen molar-refractivity contribution in [3.8, 4) is 0 Å². The van der Waals surface area contributed by atoms with Crippen molar-refractivity contribution in [2.24, 2.45) is 0 Å². The van der Waals surface area contributed by atoms with Crippen molar-refractivity contribution in [1.82, 2.24) is 0 Å².